The number of hydrogen-bond donors (Lipinski definition) is 1. The number of nitrogens with zero attached hydrogens (tertiary/aromatic N) is 2. The van der Waals surface area contributed by atoms with Crippen molar-refractivity contribution >= 4 is 17.7 Å². The maximum absolute atomic E-state index is 13.0. The normalized spacial score (nSPS) is 26.7. The van der Waals surface area contributed by atoms with Crippen molar-refractivity contribution < 1.29 is 19.1 Å². The lowest BCUT2D eigenvalue weighted by Crippen LogP contribution is -2.54. The Morgan fingerprint density at radius 1 is 1.21 bits per heavy atom. The second kappa shape index (κ2) is 6.97. The first kappa shape index (κ1) is 19.1. The van der Waals surface area contributed by atoms with Crippen molar-refractivity contribution in [3.63, 3.8) is 0 Å². The fraction of sp³-hybridized carbons (Fsp3) is 0.571. The van der Waals surface area contributed by atoms with Gasteiger partial charge in [0.15, 0.2) is 0 Å². The van der Waals surface area contributed by atoms with Gasteiger partial charge < -0.3 is 15.4 Å². The Balaban J connectivity index is 1.54. The van der Waals surface area contributed by atoms with Crippen LogP contribution in [0.15, 0.2) is 18.2 Å². The zero-order valence-electron chi connectivity index (χ0n) is 16.4. The molecular formula is C21H27N3O4. The Bertz CT molecular complexity index is 829. The summed E-state index contributed by atoms with van der Waals surface area (Å²) in [7, 11) is 0. The molecule has 3 aliphatic rings. The highest BCUT2D eigenvalue weighted by molar-refractivity contribution is 6.22. The molecule has 0 bridgehead atoms. The molecule has 1 aromatic rings. The first-order chi connectivity index (χ1) is 13.3. The summed E-state index contributed by atoms with van der Waals surface area (Å²) < 4.78 is 5.56. The van der Waals surface area contributed by atoms with Crippen molar-refractivity contribution in [2.75, 3.05) is 26.2 Å². The Hall–Kier alpha value is -2.25. The minimum Gasteiger partial charge on any atom is -0.376 e. The molecule has 4 rings (SSSR count). The number of benzene rings is 1. The number of imide groups is 1. The zero-order chi connectivity index (χ0) is 20.1. The number of carbonyl (C=O) groups excluding carboxylic acids is 3. The van der Waals surface area contributed by atoms with Crippen LogP contribution in [0.5, 0.6) is 0 Å². The van der Waals surface area contributed by atoms with Crippen molar-refractivity contribution in [3.8, 4) is 0 Å². The van der Waals surface area contributed by atoms with Crippen LogP contribution in [0, 0.1) is 5.41 Å². The molecule has 1 aromatic carbocycles. The quantitative estimate of drug-likeness (QED) is 0.799. The molecule has 2 atom stereocenters. The molecular weight excluding hydrogens is 358 g/mol. The maximum Gasteiger partial charge on any atom is 0.261 e. The standard InChI is InChI=1S/C21H27N3O4/c1-21(2)12-23(8-7-17(21)22)18(25)13-5-6-15-16(10-13)20(27)24(19(15)26)11-14-4-3-9-28-14/h5-6,10,14,17H,3-4,7-9,11-12,22H2,1-2H3. The van der Waals surface area contributed by atoms with Crippen LogP contribution in [0.25, 0.3) is 0 Å². The Labute approximate surface area is 164 Å². The third-order valence-electron chi connectivity index (χ3n) is 6.23. The first-order valence-electron chi connectivity index (χ1n) is 9.94. The molecule has 28 heavy (non-hydrogen) atoms. The predicted molar refractivity (Wildman–Crippen MR) is 103 cm³/mol. The van der Waals surface area contributed by atoms with Crippen LogP contribution in [0.1, 0.15) is 64.2 Å². The van der Waals surface area contributed by atoms with E-state index in [-0.39, 0.29) is 41.8 Å². The van der Waals surface area contributed by atoms with Crippen molar-refractivity contribution in [2.45, 2.75) is 45.3 Å². The highest BCUT2D eigenvalue weighted by atomic mass is 16.5. The Morgan fingerprint density at radius 3 is 2.64 bits per heavy atom. The molecule has 3 aliphatic heterocycles. The fourth-order valence-corrected chi connectivity index (χ4v) is 4.31. The molecule has 3 amide bonds. The monoisotopic (exact) mass is 385 g/mol. The van der Waals surface area contributed by atoms with Gasteiger partial charge in [-0.25, -0.2) is 0 Å². The molecule has 7 heteroatoms. The van der Waals surface area contributed by atoms with Crippen LogP contribution >= 0.6 is 0 Å². The molecule has 0 aliphatic carbocycles. The second-order valence-electron chi connectivity index (χ2n) is 8.73. The molecule has 0 radical (unpaired) electrons. The number of hydrogen-bond acceptors (Lipinski definition) is 5. The topological polar surface area (TPSA) is 92.9 Å². The van der Waals surface area contributed by atoms with Crippen LogP contribution in [0.4, 0.5) is 0 Å². The summed E-state index contributed by atoms with van der Waals surface area (Å²) in [5, 5.41) is 0. The lowest BCUT2D eigenvalue weighted by atomic mass is 9.79. The van der Waals surface area contributed by atoms with Crippen LogP contribution in [0.3, 0.4) is 0 Å². The van der Waals surface area contributed by atoms with Gasteiger partial charge in [-0.15, -0.1) is 0 Å². The van der Waals surface area contributed by atoms with E-state index < -0.39 is 0 Å². The average molecular weight is 385 g/mol. The fourth-order valence-electron chi connectivity index (χ4n) is 4.31. The van der Waals surface area contributed by atoms with Crippen molar-refractivity contribution in [3.05, 3.63) is 34.9 Å². The highest BCUT2D eigenvalue weighted by Gasteiger charge is 2.39. The molecule has 0 saturated carbocycles. The molecule has 3 heterocycles. The molecule has 7 nitrogen and oxygen atoms in total. The number of likely N-dealkylation sites (tertiary alicyclic amines) is 1. The summed E-state index contributed by atoms with van der Waals surface area (Å²) in [4.78, 5) is 41.5. The van der Waals surface area contributed by atoms with E-state index in [1.165, 1.54) is 4.90 Å². The third-order valence-corrected chi connectivity index (χ3v) is 6.23. The summed E-state index contributed by atoms with van der Waals surface area (Å²) in [5.74, 6) is -0.772. The van der Waals surface area contributed by atoms with Crippen molar-refractivity contribution in [1.82, 2.24) is 9.80 Å². The van der Waals surface area contributed by atoms with E-state index >= 15 is 0 Å². The number of carbonyl (C=O) groups is 3. The Kier molecular flexibility index (Phi) is 4.75. The predicted octanol–water partition coefficient (Wildman–Crippen LogP) is 1.66. The van der Waals surface area contributed by atoms with E-state index in [1.807, 2.05) is 0 Å². The number of ether oxygens (including phenoxy) is 1. The first-order valence-corrected chi connectivity index (χ1v) is 9.94. The summed E-state index contributed by atoms with van der Waals surface area (Å²) in [6.45, 7) is 6.23. The molecule has 2 saturated heterocycles. The molecule has 2 N–H and O–H groups in total. The zero-order valence-corrected chi connectivity index (χ0v) is 16.4. The van der Waals surface area contributed by atoms with E-state index in [1.54, 1.807) is 23.1 Å². The number of rotatable bonds is 3. The van der Waals surface area contributed by atoms with E-state index in [0.717, 1.165) is 19.3 Å². The van der Waals surface area contributed by atoms with Gasteiger partial charge in [-0.2, -0.15) is 0 Å². The molecule has 0 aromatic heterocycles. The SMILES string of the molecule is CC1(C)CN(C(=O)c2ccc3c(c2)C(=O)N(CC2CCCO2)C3=O)CCC1N. The number of nitrogens with two attached hydrogens (primary N) is 1. The smallest absolute Gasteiger partial charge is 0.261 e. The van der Waals surface area contributed by atoms with Gasteiger partial charge >= 0.3 is 0 Å². The van der Waals surface area contributed by atoms with Gasteiger partial charge in [0.05, 0.1) is 23.8 Å². The number of piperidine rings is 1. The van der Waals surface area contributed by atoms with Gasteiger partial charge in [0.2, 0.25) is 0 Å². The van der Waals surface area contributed by atoms with Crippen LogP contribution in [-0.4, -0.2) is 65.9 Å². The lowest BCUT2D eigenvalue weighted by molar-refractivity contribution is 0.0475. The lowest BCUT2D eigenvalue weighted by Gasteiger charge is -2.42. The maximum atomic E-state index is 13.0. The van der Waals surface area contributed by atoms with E-state index in [0.29, 0.717) is 36.4 Å². The average Bonchev–Trinajstić information content (AvgIpc) is 3.26. The van der Waals surface area contributed by atoms with E-state index in [9.17, 15) is 14.4 Å². The summed E-state index contributed by atoms with van der Waals surface area (Å²) in [6, 6.07) is 4.86. The van der Waals surface area contributed by atoms with Gasteiger partial charge in [-0.05, 0) is 42.9 Å². The second-order valence-corrected chi connectivity index (χ2v) is 8.73. The number of amides is 3. The van der Waals surface area contributed by atoms with E-state index in [2.05, 4.69) is 13.8 Å². The summed E-state index contributed by atoms with van der Waals surface area (Å²) in [5.41, 5.74) is 7.11. The third kappa shape index (κ3) is 3.22. The van der Waals surface area contributed by atoms with Crippen LogP contribution < -0.4 is 5.73 Å². The van der Waals surface area contributed by atoms with Crippen LogP contribution in [-0.2, 0) is 4.74 Å². The van der Waals surface area contributed by atoms with Crippen molar-refractivity contribution in [2.24, 2.45) is 11.1 Å². The largest absolute Gasteiger partial charge is 0.376 e. The minimum atomic E-state index is -0.342. The Morgan fingerprint density at radius 2 is 1.96 bits per heavy atom. The molecule has 2 fully saturated rings. The van der Waals surface area contributed by atoms with Gasteiger partial charge in [-0.1, -0.05) is 13.8 Å². The summed E-state index contributed by atoms with van der Waals surface area (Å²) >= 11 is 0. The van der Waals surface area contributed by atoms with Gasteiger partial charge in [-0.3, -0.25) is 19.3 Å². The molecule has 150 valence electrons. The number of fused-ring (bicyclic) bond motifs is 1. The van der Waals surface area contributed by atoms with E-state index in [4.69, 9.17) is 10.5 Å². The summed E-state index contributed by atoms with van der Waals surface area (Å²) in [6.07, 6.45) is 2.45. The molecule has 0 spiro atoms. The van der Waals surface area contributed by atoms with Crippen LogP contribution in [0.2, 0.25) is 0 Å². The van der Waals surface area contributed by atoms with Gasteiger partial charge in [0.1, 0.15) is 0 Å². The van der Waals surface area contributed by atoms with Gasteiger partial charge in [0, 0.05) is 31.3 Å². The molecule has 2 unspecified atom stereocenters. The van der Waals surface area contributed by atoms with Crippen molar-refractivity contribution in [1.29, 1.82) is 0 Å². The van der Waals surface area contributed by atoms with Gasteiger partial charge in [0.25, 0.3) is 17.7 Å². The highest BCUT2D eigenvalue weighted by Crippen LogP contribution is 2.30. The minimum absolute atomic E-state index is 0.0575.